The summed E-state index contributed by atoms with van der Waals surface area (Å²) in [4.78, 5) is 86.9. The molecule has 5 aliphatic heterocycles. The molecule has 0 saturated carbocycles. The second kappa shape index (κ2) is 30.7. The predicted molar refractivity (Wildman–Crippen MR) is 456 cm³/mol. The van der Waals surface area contributed by atoms with Crippen molar-refractivity contribution in [1.29, 1.82) is 0 Å². The highest BCUT2D eigenvalue weighted by Gasteiger charge is 2.27. The molecule has 10 aromatic carbocycles. The molecule has 0 fully saturated rings. The van der Waals surface area contributed by atoms with Crippen LogP contribution in [-0.2, 0) is 0 Å². The third-order valence-electron chi connectivity index (χ3n) is 21.3. The van der Waals surface area contributed by atoms with Crippen molar-refractivity contribution in [1.82, 2.24) is 24.9 Å². The number of benzene rings is 10. The van der Waals surface area contributed by atoms with Gasteiger partial charge in [0.1, 0.15) is 85.7 Å². The maximum absolute atomic E-state index is 13.2. The third-order valence-corrected chi connectivity index (χ3v) is 21.3. The first-order valence-electron chi connectivity index (χ1n) is 38.5. The highest BCUT2D eigenvalue weighted by atomic mass is 16.7. The lowest BCUT2D eigenvalue weighted by Crippen LogP contribution is -2.16. The van der Waals surface area contributed by atoms with Crippen LogP contribution < -0.4 is 74.5 Å². The fourth-order valence-electron chi connectivity index (χ4n) is 15.6. The number of pyridine rings is 5. The summed E-state index contributed by atoms with van der Waals surface area (Å²) >= 11 is 0. The summed E-state index contributed by atoms with van der Waals surface area (Å²) < 4.78 is 84.2. The molecule has 0 amide bonds. The van der Waals surface area contributed by atoms with E-state index in [2.05, 4.69) is 24.9 Å². The Bertz CT molecular complexity index is 7840. The number of fused-ring (bicyclic) bond motifs is 23. The molecule has 122 heavy (non-hydrogen) atoms. The lowest BCUT2D eigenvalue weighted by Gasteiger charge is -2.20. The second-order valence-corrected chi connectivity index (χ2v) is 28.3. The zero-order valence-electron chi connectivity index (χ0n) is 63.8. The Morgan fingerprint density at radius 2 is 0.500 bits per heavy atom. The van der Waals surface area contributed by atoms with Crippen LogP contribution in [0.5, 0.6) is 57.5 Å². The van der Waals surface area contributed by atoms with Gasteiger partial charge in [-0.15, -0.1) is 0 Å². The molecule has 0 atom stereocenters. The highest BCUT2D eigenvalue weighted by molar-refractivity contribution is 6.14. The topological polar surface area (TPSA) is 308 Å². The number of hydrogen-bond acceptors (Lipinski definition) is 25. The van der Waals surface area contributed by atoms with Crippen molar-refractivity contribution in [2.24, 2.45) is 0 Å². The fraction of sp³-hybridized carbons (Fsp3) is 0.0722. The molecule has 25 rings (SSSR count). The average molecular weight is 1610 g/mol. The van der Waals surface area contributed by atoms with Crippen molar-refractivity contribution in [3.8, 4) is 114 Å². The third kappa shape index (κ3) is 13.0. The molecule has 0 bridgehead atoms. The molecule has 0 aliphatic carbocycles. The first kappa shape index (κ1) is 73.0. The van der Waals surface area contributed by atoms with Gasteiger partial charge in [0.05, 0.1) is 83.2 Å². The van der Waals surface area contributed by atoms with E-state index >= 15 is 0 Å². The Hall–Kier alpha value is -16.7. The summed E-state index contributed by atoms with van der Waals surface area (Å²) in [6, 6.07) is 64.4. The number of ether oxygens (including phenoxy) is 10. The van der Waals surface area contributed by atoms with Gasteiger partial charge in [0.2, 0.25) is 47.5 Å². The van der Waals surface area contributed by atoms with Crippen molar-refractivity contribution >= 4 is 109 Å². The van der Waals surface area contributed by atoms with E-state index in [9.17, 15) is 24.0 Å². The molecular weight excluding hydrogens is 1560 g/mol. The molecule has 5 aliphatic rings. The van der Waals surface area contributed by atoms with Gasteiger partial charge in [0.25, 0.3) is 0 Å². The fourth-order valence-corrected chi connectivity index (χ4v) is 15.6. The SMILES string of the molecule is O=c1c(-c2ccccn2)coc2ccc3c4c(ccc3c12)OCO4.O=c1c(-c2ccccn2)coc2ccc3cc4c(cc3c12)OCCO4.O=c1c(-c2ccccn2)coc2ccc3cc4c(cc3c12)OCO4.O=c1c(-c2ccccn2)coc2ccc3ccc4c(c3c12)OCCO4.O=c1c(-c2ccccn2)coc2ccc3ccc4c(c3c12)OCO4. The summed E-state index contributed by atoms with van der Waals surface area (Å²) in [5.74, 6) is 6.49. The molecular formula is C97H59N5O20. The van der Waals surface area contributed by atoms with Crippen LogP contribution in [0.2, 0.25) is 0 Å². The predicted octanol–water partition coefficient (Wildman–Crippen LogP) is 18.8. The lowest BCUT2D eigenvalue weighted by atomic mass is 10.0. The molecule has 20 aromatic rings. The number of aromatic nitrogens is 5. The molecule has 0 N–H and O–H groups in total. The van der Waals surface area contributed by atoms with Crippen molar-refractivity contribution in [3.05, 3.63) is 326 Å². The van der Waals surface area contributed by atoms with Gasteiger partial charge in [-0.05, 0) is 167 Å². The number of hydrogen-bond donors (Lipinski definition) is 0. The quantitative estimate of drug-likeness (QED) is 0.145. The molecule has 25 nitrogen and oxygen atoms in total. The Morgan fingerprint density at radius 3 is 0.926 bits per heavy atom. The maximum atomic E-state index is 13.2. The molecule has 0 spiro atoms. The van der Waals surface area contributed by atoms with E-state index in [0.29, 0.717) is 200 Å². The van der Waals surface area contributed by atoms with Crippen LogP contribution in [0.25, 0.3) is 165 Å². The Morgan fingerprint density at radius 1 is 0.213 bits per heavy atom. The van der Waals surface area contributed by atoms with Crippen LogP contribution >= 0.6 is 0 Å². The van der Waals surface area contributed by atoms with E-state index in [-0.39, 0.29) is 47.5 Å². The van der Waals surface area contributed by atoms with E-state index in [0.717, 1.165) is 48.5 Å². The summed E-state index contributed by atoms with van der Waals surface area (Å²) in [6.07, 6.45) is 15.6. The van der Waals surface area contributed by atoms with Crippen molar-refractivity contribution < 1.29 is 69.5 Å². The first-order valence-corrected chi connectivity index (χ1v) is 38.5. The van der Waals surface area contributed by atoms with E-state index in [4.69, 9.17) is 69.5 Å². The van der Waals surface area contributed by atoms with Gasteiger partial charge in [0.15, 0.2) is 57.5 Å². The minimum absolute atomic E-state index is 0.109. The Balaban J connectivity index is 0.0000000939. The van der Waals surface area contributed by atoms with Crippen LogP contribution in [0.15, 0.2) is 321 Å². The van der Waals surface area contributed by atoms with Gasteiger partial charge in [-0.25, -0.2) is 0 Å². The van der Waals surface area contributed by atoms with Crippen molar-refractivity contribution in [3.63, 3.8) is 0 Å². The monoisotopic (exact) mass is 1610 g/mol. The van der Waals surface area contributed by atoms with Gasteiger partial charge in [-0.3, -0.25) is 48.9 Å². The molecule has 592 valence electrons. The van der Waals surface area contributed by atoms with Crippen LogP contribution in [0.4, 0.5) is 0 Å². The van der Waals surface area contributed by atoms with E-state index in [1.807, 2.05) is 146 Å². The van der Waals surface area contributed by atoms with E-state index in [1.54, 1.807) is 97.7 Å². The number of rotatable bonds is 5. The first-order chi connectivity index (χ1) is 60.1. The van der Waals surface area contributed by atoms with Crippen molar-refractivity contribution in [2.75, 3.05) is 46.8 Å². The van der Waals surface area contributed by atoms with Gasteiger partial charge in [-0.2, -0.15) is 0 Å². The van der Waals surface area contributed by atoms with Crippen LogP contribution in [-0.4, -0.2) is 71.7 Å². The summed E-state index contributed by atoms with van der Waals surface area (Å²) in [6.45, 7) is 2.50. The van der Waals surface area contributed by atoms with Gasteiger partial charge < -0.3 is 69.5 Å². The minimum atomic E-state index is -0.135. The molecule has 25 heteroatoms. The van der Waals surface area contributed by atoms with Gasteiger partial charge in [0, 0.05) is 63.3 Å². The normalized spacial score (nSPS) is 13.0. The zero-order chi connectivity index (χ0) is 81.9. The van der Waals surface area contributed by atoms with E-state index < -0.39 is 0 Å². The standard InChI is InChI=1S/2C20H13NO4.3C19H11NO4/c22-19-13(14-3-1-2-8-21-14)11-25-15-6-4-12-5-7-16-20(17(12)18(15)19)24-10-9-23-16;22-20-14(15-3-1-2-6-21-15)11-25-16-5-4-12-9-17-18(24-8-7-23-17)10-13(12)19(16)20;21-18-13(14-3-1-2-8-20-14)9-22-15-6-5-12-11(17(15)18)4-7-16-19(12)24-10-23-16;21-18-12(13-3-1-2-8-20-13)9-22-14-6-4-11-5-7-15-19(24-10-23-15)16(11)17(14)18;21-19-13(14-3-1-2-6-20-14)9-22-15-5-4-11-7-16-17(24-10-23-16)8-12(11)18(15)19/h1-8,11H,9-10H2;1-6,9-11H,7-8H2;3*1-9H,10H2. The summed E-state index contributed by atoms with van der Waals surface area (Å²) in [5, 5.41) is 10.8. The van der Waals surface area contributed by atoms with E-state index in [1.165, 1.54) is 31.3 Å². The largest absolute Gasteiger partial charge is 0.486 e. The zero-order valence-corrected chi connectivity index (χ0v) is 63.8. The lowest BCUT2D eigenvalue weighted by molar-refractivity contribution is 0.172. The number of nitrogens with zero attached hydrogens (tertiary/aromatic N) is 5. The molecule has 0 radical (unpaired) electrons. The smallest absolute Gasteiger partial charge is 0.231 e. The maximum Gasteiger partial charge on any atom is 0.231 e. The van der Waals surface area contributed by atoms with Crippen molar-refractivity contribution in [2.45, 2.75) is 0 Å². The minimum Gasteiger partial charge on any atom is -0.486 e. The average Bonchev–Trinajstić information content (AvgIpc) is 1.09. The van der Waals surface area contributed by atoms with Crippen LogP contribution in [0, 0.1) is 0 Å². The second-order valence-electron chi connectivity index (χ2n) is 28.3. The Kier molecular flexibility index (Phi) is 18.4. The summed E-state index contributed by atoms with van der Waals surface area (Å²) in [5.41, 5.74) is 7.12. The van der Waals surface area contributed by atoms with Crippen LogP contribution in [0.1, 0.15) is 0 Å². The molecule has 0 unspecified atom stereocenters. The highest BCUT2D eigenvalue weighted by Crippen LogP contribution is 2.46. The molecule has 0 saturated heterocycles. The summed E-state index contributed by atoms with van der Waals surface area (Å²) in [7, 11) is 0. The van der Waals surface area contributed by atoms with Gasteiger partial charge >= 0.3 is 0 Å². The molecule has 15 heterocycles. The molecule has 10 aromatic heterocycles. The van der Waals surface area contributed by atoms with Gasteiger partial charge in [-0.1, -0.05) is 66.7 Å². The van der Waals surface area contributed by atoms with Crippen LogP contribution in [0.3, 0.4) is 0 Å². The Labute approximate surface area is 685 Å².